The number of rotatable bonds is 5. The molecule has 0 spiro atoms. The third-order valence-electron chi connectivity index (χ3n) is 6.27. The fraction of sp³-hybridized carbons (Fsp3) is 0.304. The van der Waals surface area contributed by atoms with Crippen molar-refractivity contribution in [3.8, 4) is 16.9 Å². The third kappa shape index (κ3) is 4.46. The van der Waals surface area contributed by atoms with E-state index in [0.717, 1.165) is 48.1 Å². The van der Waals surface area contributed by atoms with Gasteiger partial charge in [0, 0.05) is 48.5 Å². The SMILES string of the molecule is CC1[C@H]2CN(c3ncc(C(=O)Nc4ccc(OC(F)(F)F)cc4)cc3-c3cncnc3)C[C@@H]12. The van der Waals surface area contributed by atoms with Crippen molar-refractivity contribution in [2.45, 2.75) is 13.3 Å². The summed E-state index contributed by atoms with van der Waals surface area (Å²) in [5, 5.41) is 2.68. The molecule has 2 aromatic heterocycles. The first-order valence-electron chi connectivity index (χ1n) is 10.5. The van der Waals surface area contributed by atoms with Gasteiger partial charge >= 0.3 is 6.36 Å². The van der Waals surface area contributed by atoms with Crippen LogP contribution in [0.1, 0.15) is 17.3 Å². The maximum Gasteiger partial charge on any atom is 0.573 e. The highest BCUT2D eigenvalue weighted by Crippen LogP contribution is 2.52. The van der Waals surface area contributed by atoms with E-state index in [1.165, 1.54) is 24.7 Å². The molecule has 0 bridgehead atoms. The molecule has 0 radical (unpaired) electrons. The molecule has 1 aromatic carbocycles. The zero-order valence-corrected chi connectivity index (χ0v) is 17.6. The summed E-state index contributed by atoms with van der Waals surface area (Å²) in [5.41, 5.74) is 2.14. The summed E-state index contributed by atoms with van der Waals surface area (Å²) >= 11 is 0. The standard InChI is InChI=1S/C23H20F3N5O2/c1-13-19-10-31(11-20(13)19)21-18(15-7-27-12-28-8-15)6-14(9-29-21)22(32)30-16-2-4-17(5-3-16)33-23(24,25)26/h2-9,12-13,19-20H,10-11H2,1H3,(H,30,32)/t13?,19-,20+. The molecule has 10 heteroatoms. The second-order valence-electron chi connectivity index (χ2n) is 8.34. The molecule has 5 rings (SSSR count). The first-order chi connectivity index (χ1) is 15.8. The number of hydrogen-bond donors (Lipinski definition) is 1. The van der Waals surface area contributed by atoms with Crippen LogP contribution in [0, 0.1) is 17.8 Å². The number of piperidine rings is 1. The Balaban J connectivity index is 1.37. The molecule has 170 valence electrons. The lowest BCUT2D eigenvalue weighted by atomic mass is 10.1. The quantitative estimate of drug-likeness (QED) is 0.615. The number of nitrogens with zero attached hydrogens (tertiary/aromatic N) is 4. The highest BCUT2D eigenvalue weighted by atomic mass is 19.4. The molecule has 3 heterocycles. The number of benzene rings is 1. The zero-order valence-electron chi connectivity index (χ0n) is 17.6. The number of ether oxygens (including phenoxy) is 1. The normalized spacial score (nSPS) is 21.5. The number of hydrogen-bond acceptors (Lipinski definition) is 6. The zero-order chi connectivity index (χ0) is 23.2. The minimum Gasteiger partial charge on any atom is -0.406 e. The number of pyridine rings is 1. The lowest BCUT2D eigenvalue weighted by Gasteiger charge is -2.23. The van der Waals surface area contributed by atoms with Crippen LogP contribution < -0.4 is 15.0 Å². The van der Waals surface area contributed by atoms with Crippen LogP contribution >= 0.6 is 0 Å². The minimum atomic E-state index is -4.77. The molecule has 1 amide bonds. The average Bonchev–Trinajstić information content (AvgIpc) is 3.19. The van der Waals surface area contributed by atoms with Crippen molar-refractivity contribution in [2.24, 2.45) is 17.8 Å². The predicted octanol–water partition coefficient (Wildman–Crippen LogP) is 4.39. The Hall–Kier alpha value is -3.69. The highest BCUT2D eigenvalue weighted by Gasteiger charge is 2.53. The van der Waals surface area contributed by atoms with E-state index in [2.05, 4.69) is 36.8 Å². The van der Waals surface area contributed by atoms with Crippen LogP contribution in [-0.4, -0.2) is 40.3 Å². The van der Waals surface area contributed by atoms with E-state index < -0.39 is 12.3 Å². The highest BCUT2D eigenvalue weighted by molar-refractivity contribution is 6.05. The largest absolute Gasteiger partial charge is 0.573 e. The van der Waals surface area contributed by atoms with E-state index in [1.54, 1.807) is 18.5 Å². The monoisotopic (exact) mass is 455 g/mol. The number of fused-ring (bicyclic) bond motifs is 1. The van der Waals surface area contributed by atoms with Gasteiger partial charge in [-0.15, -0.1) is 13.2 Å². The van der Waals surface area contributed by atoms with Crippen molar-refractivity contribution in [1.82, 2.24) is 15.0 Å². The second kappa shape index (κ2) is 8.02. The van der Waals surface area contributed by atoms with Crippen molar-refractivity contribution in [3.63, 3.8) is 0 Å². The topological polar surface area (TPSA) is 80.2 Å². The summed E-state index contributed by atoms with van der Waals surface area (Å²) in [4.78, 5) is 27.9. The number of nitrogens with one attached hydrogen (secondary N) is 1. The molecular weight excluding hydrogens is 435 g/mol. The number of carbonyl (C=O) groups is 1. The molecule has 1 aliphatic heterocycles. The summed E-state index contributed by atoms with van der Waals surface area (Å²) in [6.07, 6.45) is 1.52. The van der Waals surface area contributed by atoms with Crippen molar-refractivity contribution >= 4 is 17.4 Å². The summed E-state index contributed by atoms with van der Waals surface area (Å²) in [6, 6.07) is 6.69. The minimum absolute atomic E-state index is 0.311. The smallest absolute Gasteiger partial charge is 0.406 e. The molecule has 1 saturated heterocycles. The number of amides is 1. The molecule has 3 aromatic rings. The van der Waals surface area contributed by atoms with Crippen molar-refractivity contribution < 1.29 is 22.7 Å². The summed E-state index contributed by atoms with van der Waals surface area (Å²) < 4.78 is 40.8. The van der Waals surface area contributed by atoms with Gasteiger partial charge in [0.2, 0.25) is 0 Å². The van der Waals surface area contributed by atoms with Gasteiger partial charge in [-0.05, 0) is 48.1 Å². The van der Waals surface area contributed by atoms with Gasteiger partial charge in [0.15, 0.2) is 0 Å². The number of alkyl halides is 3. The van der Waals surface area contributed by atoms with Gasteiger partial charge in [-0.3, -0.25) is 4.79 Å². The van der Waals surface area contributed by atoms with Gasteiger partial charge in [0.1, 0.15) is 17.9 Å². The molecule has 1 saturated carbocycles. The maximum atomic E-state index is 12.8. The van der Waals surface area contributed by atoms with Crippen LogP contribution in [0.5, 0.6) is 5.75 Å². The van der Waals surface area contributed by atoms with Crippen LogP contribution in [0.4, 0.5) is 24.7 Å². The van der Waals surface area contributed by atoms with Gasteiger partial charge in [0.05, 0.1) is 5.56 Å². The van der Waals surface area contributed by atoms with Crippen LogP contribution in [0.15, 0.2) is 55.2 Å². The third-order valence-corrected chi connectivity index (χ3v) is 6.27. The predicted molar refractivity (Wildman–Crippen MR) is 115 cm³/mol. The van der Waals surface area contributed by atoms with E-state index in [1.807, 2.05) is 0 Å². The van der Waals surface area contributed by atoms with Gasteiger partial charge in [-0.1, -0.05) is 6.92 Å². The van der Waals surface area contributed by atoms with Crippen LogP contribution in [0.3, 0.4) is 0 Å². The molecular formula is C23H20F3N5O2. The van der Waals surface area contributed by atoms with E-state index in [4.69, 9.17) is 0 Å². The Morgan fingerprint density at radius 1 is 1.09 bits per heavy atom. The number of anilines is 2. The number of aromatic nitrogens is 3. The van der Waals surface area contributed by atoms with Crippen molar-refractivity contribution in [2.75, 3.05) is 23.3 Å². The Bertz CT molecular complexity index is 1160. The Kier molecular flexibility index (Phi) is 5.15. The second-order valence-corrected chi connectivity index (χ2v) is 8.34. The van der Waals surface area contributed by atoms with Crippen LogP contribution in [-0.2, 0) is 0 Å². The van der Waals surface area contributed by atoms with Gasteiger partial charge in [-0.2, -0.15) is 0 Å². The Morgan fingerprint density at radius 3 is 2.39 bits per heavy atom. The average molecular weight is 455 g/mol. The molecule has 2 aliphatic rings. The number of halogens is 3. The fourth-order valence-corrected chi connectivity index (χ4v) is 4.42. The fourth-order valence-electron chi connectivity index (χ4n) is 4.42. The Morgan fingerprint density at radius 2 is 1.76 bits per heavy atom. The molecule has 1 N–H and O–H groups in total. The molecule has 7 nitrogen and oxygen atoms in total. The van der Waals surface area contributed by atoms with E-state index in [9.17, 15) is 18.0 Å². The van der Waals surface area contributed by atoms with Crippen LogP contribution in [0.25, 0.3) is 11.1 Å². The van der Waals surface area contributed by atoms with E-state index in [-0.39, 0.29) is 5.75 Å². The first-order valence-corrected chi connectivity index (χ1v) is 10.5. The van der Waals surface area contributed by atoms with E-state index in [0.29, 0.717) is 23.1 Å². The molecule has 1 unspecified atom stereocenters. The summed E-state index contributed by atoms with van der Waals surface area (Å²) in [5.74, 6) is 2.08. The van der Waals surface area contributed by atoms with Crippen LogP contribution in [0.2, 0.25) is 0 Å². The maximum absolute atomic E-state index is 12.8. The first kappa shape index (κ1) is 21.2. The van der Waals surface area contributed by atoms with Gasteiger partial charge in [-0.25, -0.2) is 15.0 Å². The molecule has 1 aliphatic carbocycles. The van der Waals surface area contributed by atoms with Crippen molar-refractivity contribution in [1.29, 1.82) is 0 Å². The van der Waals surface area contributed by atoms with E-state index >= 15 is 0 Å². The van der Waals surface area contributed by atoms with Crippen molar-refractivity contribution in [3.05, 3.63) is 60.8 Å². The molecule has 3 atom stereocenters. The lowest BCUT2D eigenvalue weighted by Crippen LogP contribution is -2.25. The Labute approximate surface area is 187 Å². The summed E-state index contributed by atoms with van der Waals surface area (Å²) in [7, 11) is 0. The van der Waals surface area contributed by atoms with Gasteiger partial charge in [0.25, 0.3) is 5.91 Å². The van der Waals surface area contributed by atoms with Gasteiger partial charge < -0.3 is 15.0 Å². The molecule has 33 heavy (non-hydrogen) atoms. The number of carbonyl (C=O) groups excluding carboxylic acids is 1. The lowest BCUT2D eigenvalue weighted by molar-refractivity contribution is -0.274. The molecule has 2 fully saturated rings. The summed E-state index contributed by atoms with van der Waals surface area (Å²) in [6.45, 7) is 4.12.